The van der Waals surface area contributed by atoms with Crippen LogP contribution in [0, 0.1) is 25.7 Å². The number of amides is 1. The average molecular weight is 443 g/mol. The van der Waals surface area contributed by atoms with Crippen molar-refractivity contribution in [1.29, 1.82) is 0 Å². The van der Waals surface area contributed by atoms with Crippen LogP contribution in [0.25, 0.3) is 0 Å². The highest BCUT2D eigenvalue weighted by Gasteiger charge is 2.47. The summed E-state index contributed by atoms with van der Waals surface area (Å²) in [5.41, 5.74) is 4.90. The molecular formula is C25H38N4OS. The number of aryl methyl sites for hydroxylation is 1. The summed E-state index contributed by atoms with van der Waals surface area (Å²) in [5.74, 6) is 3.51. The summed E-state index contributed by atoms with van der Waals surface area (Å²) in [5, 5.41) is 6.45. The van der Waals surface area contributed by atoms with Crippen molar-refractivity contribution < 1.29 is 4.79 Å². The van der Waals surface area contributed by atoms with Crippen LogP contribution in [0.3, 0.4) is 0 Å². The second-order valence-corrected chi connectivity index (χ2v) is 10.9. The summed E-state index contributed by atoms with van der Waals surface area (Å²) in [6, 6.07) is 4.44. The zero-order valence-corrected chi connectivity index (χ0v) is 20.4. The minimum absolute atomic E-state index is 0.154. The largest absolute Gasteiger partial charge is 0.388 e. The number of nitrogens with one attached hydrogen (secondary N) is 2. The number of nitrogens with zero attached hydrogens (tertiary/aromatic N) is 2. The van der Waals surface area contributed by atoms with Crippen LogP contribution in [0.5, 0.6) is 0 Å². The molecule has 4 rings (SSSR count). The molecule has 0 aromatic heterocycles. The molecule has 2 aliphatic heterocycles. The number of anilines is 1. The molecule has 0 bridgehead atoms. The molecule has 170 valence electrons. The molecule has 0 radical (unpaired) electrons. The molecular weight excluding hydrogens is 404 g/mol. The number of carbonyl (C=O) groups is 1. The van der Waals surface area contributed by atoms with Gasteiger partial charge in [-0.25, -0.2) is 0 Å². The Kier molecular flexibility index (Phi) is 6.97. The molecule has 0 atom stereocenters. The van der Waals surface area contributed by atoms with E-state index >= 15 is 0 Å². The fourth-order valence-electron chi connectivity index (χ4n) is 5.30. The molecule has 1 spiro atoms. The molecule has 2 N–H and O–H groups in total. The Bertz CT molecular complexity index is 836. The first-order chi connectivity index (χ1) is 14.9. The number of hydrogen-bond acceptors (Lipinski definition) is 5. The van der Waals surface area contributed by atoms with Crippen molar-refractivity contribution in [2.45, 2.75) is 71.3 Å². The fourth-order valence-corrected chi connectivity index (χ4v) is 6.31. The number of benzene rings is 1. The Morgan fingerprint density at radius 2 is 1.87 bits per heavy atom. The zero-order chi connectivity index (χ0) is 22.0. The first-order valence-corrected chi connectivity index (χ1v) is 12.9. The molecule has 1 aromatic carbocycles. The summed E-state index contributed by atoms with van der Waals surface area (Å²) in [7, 11) is 1.98. The second-order valence-electron chi connectivity index (χ2n) is 9.72. The highest BCUT2D eigenvalue weighted by molar-refractivity contribution is 7.97. The minimum Gasteiger partial charge on any atom is -0.388 e. The highest BCUT2D eigenvalue weighted by atomic mass is 32.2. The molecule has 1 saturated heterocycles. The van der Waals surface area contributed by atoms with Gasteiger partial charge in [-0.3, -0.25) is 14.1 Å². The van der Waals surface area contributed by atoms with E-state index in [1.54, 1.807) is 0 Å². The molecule has 0 unspecified atom stereocenters. The lowest BCUT2D eigenvalue weighted by Gasteiger charge is -2.34. The molecule has 1 saturated carbocycles. The Hall–Kier alpha value is -1.53. The Balaban J connectivity index is 1.28. The molecule has 1 amide bonds. The van der Waals surface area contributed by atoms with Crippen molar-refractivity contribution in [3.63, 3.8) is 0 Å². The lowest BCUT2D eigenvalue weighted by atomic mass is 9.82. The lowest BCUT2D eigenvalue weighted by molar-refractivity contribution is -0.124. The smallest absolute Gasteiger partial charge is 0.253 e. The van der Waals surface area contributed by atoms with Crippen LogP contribution in [0.4, 0.5) is 5.69 Å². The number of amidine groups is 1. The molecule has 1 aromatic rings. The lowest BCUT2D eigenvalue weighted by Crippen LogP contribution is -2.47. The van der Waals surface area contributed by atoms with Gasteiger partial charge >= 0.3 is 0 Å². The normalized spacial score (nSPS) is 26.1. The first-order valence-electron chi connectivity index (χ1n) is 12.0. The van der Waals surface area contributed by atoms with Gasteiger partial charge in [0.1, 0.15) is 11.4 Å². The maximum Gasteiger partial charge on any atom is 0.253 e. The van der Waals surface area contributed by atoms with Crippen molar-refractivity contribution >= 4 is 29.4 Å². The van der Waals surface area contributed by atoms with E-state index in [4.69, 9.17) is 4.99 Å². The van der Waals surface area contributed by atoms with Gasteiger partial charge in [-0.2, -0.15) is 0 Å². The number of aliphatic imine (C=N–C) groups is 1. The molecule has 31 heavy (non-hydrogen) atoms. The topological polar surface area (TPSA) is 56.7 Å². The van der Waals surface area contributed by atoms with Gasteiger partial charge in [0.05, 0.1) is 0 Å². The second kappa shape index (κ2) is 9.53. The summed E-state index contributed by atoms with van der Waals surface area (Å²) in [6.07, 6.45) is 7.62. The number of hydrogen-bond donors (Lipinski definition) is 2. The molecule has 5 nitrogen and oxygen atoms in total. The van der Waals surface area contributed by atoms with Crippen LogP contribution < -0.4 is 10.6 Å². The van der Waals surface area contributed by atoms with Crippen molar-refractivity contribution in [2.75, 3.05) is 31.2 Å². The van der Waals surface area contributed by atoms with Gasteiger partial charge in [0.2, 0.25) is 0 Å². The zero-order valence-electron chi connectivity index (χ0n) is 19.6. The van der Waals surface area contributed by atoms with Crippen LogP contribution in [0.15, 0.2) is 17.1 Å². The van der Waals surface area contributed by atoms with E-state index in [0.29, 0.717) is 5.92 Å². The predicted molar refractivity (Wildman–Crippen MR) is 132 cm³/mol. The number of piperidine rings is 1. The van der Waals surface area contributed by atoms with E-state index in [9.17, 15) is 4.79 Å². The van der Waals surface area contributed by atoms with E-state index in [1.807, 2.05) is 19.0 Å². The van der Waals surface area contributed by atoms with Crippen molar-refractivity contribution in [3.8, 4) is 0 Å². The third-order valence-corrected chi connectivity index (χ3v) is 8.88. The van der Waals surface area contributed by atoms with Gasteiger partial charge in [0, 0.05) is 37.5 Å². The summed E-state index contributed by atoms with van der Waals surface area (Å²) in [6.45, 7) is 8.62. The number of carbonyl (C=O) groups excluding carboxylic acids is 1. The highest BCUT2D eigenvalue weighted by Crippen LogP contribution is 2.36. The van der Waals surface area contributed by atoms with E-state index in [0.717, 1.165) is 49.9 Å². The van der Waals surface area contributed by atoms with E-state index < -0.39 is 5.54 Å². The Morgan fingerprint density at radius 1 is 1.16 bits per heavy atom. The van der Waals surface area contributed by atoms with Crippen LogP contribution in [0.1, 0.15) is 62.1 Å². The summed E-state index contributed by atoms with van der Waals surface area (Å²) in [4.78, 5) is 17.9. The monoisotopic (exact) mass is 442 g/mol. The van der Waals surface area contributed by atoms with Gasteiger partial charge in [-0.05, 0) is 74.6 Å². The van der Waals surface area contributed by atoms with Gasteiger partial charge in [-0.15, -0.1) is 0 Å². The molecule has 1 aliphatic carbocycles. The maximum absolute atomic E-state index is 12.8. The standard InChI is InChI=1S/C25H38N4OS/c1-17-5-7-21(8-6-17)23-27-24(30)25(28-23)12-14-29(15-13-25)31-16-11-20-9-10-22(26-4)19(3)18(20)2/h9-10,17,21,26H,5-8,11-16H2,1-4H3,(H,27,28,30). The van der Waals surface area contributed by atoms with Crippen LogP contribution >= 0.6 is 11.9 Å². The van der Waals surface area contributed by atoms with Crippen LogP contribution in [-0.2, 0) is 11.2 Å². The van der Waals surface area contributed by atoms with Crippen molar-refractivity contribution in [1.82, 2.24) is 9.62 Å². The molecule has 2 heterocycles. The van der Waals surface area contributed by atoms with Gasteiger partial charge < -0.3 is 10.6 Å². The van der Waals surface area contributed by atoms with Crippen LogP contribution in [0.2, 0.25) is 0 Å². The summed E-state index contributed by atoms with van der Waals surface area (Å²) >= 11 is 1.93. The minimum atomic E-state index is -0.494. The third-order valence-electron chi connectivity index (χ3n) is 7.76. The molecule has 2 fully saturated rings. The third kappa shape index (κ3) is 4.80. The Labute approximate surface area is 192 Å². The SMILES string of the molecule is CNc1ccc(CCSN2CCC3(CC2)N=C(C2CCC(C)CC2)NC3=O)c(C)c1C. The van der Waals surface area contributed by atoms with E-state index in [2.05, 4.69) is 47.8 Å². The van der Waals surface area contributed by atoms with E-state index in [-0.39, 0.29) is 5.91 Å². The molecule has 3 aliphatic rings. The summed E-state index contributed by atoms with van der Waals surface area (Å²) < 4.78 is 2.44. The van der Waals surface area contributed by atoms with Gasteiger partial charge in [0.25, 0.3) is 5.91 Å². The molecule has 6 heteroatoms. The maximum atomic E-state index is 12.8. The van der Waals surface area contributed by atoms with Crippen molar-refractivity contribution in [2.24, 2.45) is 16.8 Å². The quantitative estimate of drug-likeness (QED) is 0.626. The predicted octanol–water partition coefficient (Wildman–Crippen LogP) is 4.73. The number of rotatable bonds is 6. The van der Waals surface area contributed by atoms with E-state index in [1.165, 1.54) is 48.1 Å². The first kappa shape index (κ1) is 22.7. The van der Waals surface area contributed by atoms with Gasteiger partial charge in [0.15, 0.2) is 0 Å². The Morgan fingerprint density at radius 3 is 2.55 bits per heavy atom. The van der Waals surface area contributed by atoms with Gasteiger partial charge in [-0.1, -0.05) is 37.8 Å². The van der Waals surface area contributed by atoms with Crippen LogP contribution in [-0.4, -0.2) is 47.5 Å². The fraction of sp³-hybridized carbons (Fsp3) is 0.680. The van der Waals surface area contributed by atoms with Crippen molar-refractivity contribution in [3.05, 3.63) is 28.8 Å². The average Bonchev–Trinajstić information content (AvgIpc) is 3.09.